The van der Waals surface area contributed by atoms with Gasteiger partial charge in [0.05, 0.1) is 32.7 Å². The number of thiazole rings is 1. The predicted molar refractivity (Wildman–Crippen MR) is 133 cm³/mol. The van der Waals surface area contributed by atoms with Gasteiger partial charge in [0.15, 0.2) is 5.13 Å². The van der Waals surface area contributed by atoms with Crippen molar-refractivity contribution in [3.63, 3.8) is 0 Å². The molecule has 1 aliphatic rings. The molecule has 1 aliphatic carbocycles. The monoisotopic (exact) mass is 493 g/mol. The van der Waals surface area contributed by atoms with Gasteiger partial charge in [-0.3, -0.25) is 9.78 Å². The maximum Gasteiger partial charge on any atom is 0.318 e. The predicted octanol–water partition coefficient (Wildman–Crippen LogP) is 4.52. The molecule has 0 bridgehead atoms. The number of nitrogens with zero attached hydrogens (tertiary/aromatic N) is 4. The molecule has 172 valence electrons. The summed E-state index contributed by atoms with van der Waals surface area (Å²) >= 11 is 8.09. The quantitative estimate of drug-likeness (QED) is 0.387. The molecule has 1 aromatic carbocycles. The first kappa shape index (κ1) is 22.1. The first-order valence-electron chi connectivity index (χ1n) is 10.5. The number of hydrogen-bond acceptors (Lipinski definition) is 6. The van der Waals surface area contributed by atoms with Crippen LogP contribution in [-0.4, -0.2) is 38.7 Å². The molecule has 0 unspecified atom stereocenters. The second-order valence-electron chi connectivity index (χ2n) is 7.68. The first-order chi connectivity index (χ1) is 16.4. The van der Waals surface area contributed by atoms with Crippen LogP contribution in [0.2, 0.25) is 5.02 Å². The topological polar surface area (TPSA) is 114 Å². The highest BCUT2D eigenvalue weighted by atomic mass is 35.5. The lowest BCUT2D eigenvalue weighted by Gasteiger charge is -2.15. The van der Waals surface area contributed by atoms with Crippen molar-refractivity contribution in [2.24, 2.45) is 0 Å². The molecular weight excluding hydrogens is 474 g/mol. The number of nitrogens with one attached hydrogen (secondary N) is 3. The molecule has 3 heterocycles. The SMILES string of the molecule is CNC(=O)Nc1ccc(-n2nc(-c3cccnc3)c3c2-c2sc(NC(C)=O)nc2CC3)c(Cl)c1. The summed E-state index contributed by atoms with van der Waals surface area (Å²) in [4.78, 5) is 33.1. The van der Waals surface area contributed by atoms with Gasteiger partial charge in [-0.15, -0.1) is 0 Å². The third kappa shape index (κ3) is 4.02. The zero-order valence-corrected chi connectivity index (χ0v) is 19.9. The number of hydrogen-bond donors (Lipinski definition) is 3. The second-order valence-corrected chi connectivity index (χ2v) is 9.08. The Morgan fingerprint density at radius 1 is 1.18 bits per heavy atom. The number of rotatable bonds is 4. The van der Waals surface area contributed by atoms with Crippen LogP contribution in [0.3, 0.4) is 0 Å². The second kappa shape index (κ2) is 8.88. The average molecular weight is 494 g/mol. The summed E-state index contributed by atoms with van der Waals surface area (Å²) < 4.78 is 1.82. The summed E-state index contributed by atoms with van der Waals surface area (Å²) in [6.07, 6.45) is 4.99. The highest BCUT2D eigenvalue weighted by Crippen LogP contribution is 2.44. The molecule has 3 amide bonds. The molecule has 3 aromatic heterocycles. The van der Waals surface area contributed by atoms with Crippen LogP contribution in [-0.2, 0) is 17.6 Å². The van der Waals surface area contributed by atoms with E-state index in [0.717, 1.165) is 45.9 Å². The van der Waals surface area contributed by atoms with Crippen molar-refractivity contribution in [1.82, 2.24) is 25.1 Å². The smallest absolute Gasteiger partial charge is 0.318 e. The van der Waals surface area contributed by atoms with Crippen LogP contribution in [0.4, 0.5) is 15.6 Å². The van der Waals surface area contributed by atoms with E-state index in [1.54, 1.807) is 31.6 Å². The van der Waals surface area contributed by atoms with E-state index < -0.39 is 0 Å². The summed E-state index contributed by atoms with van der Waals surface area (Å²) in [5, 5.41) is 14.0. The normalized spacial score (nSPS) is 12.0. The Morgan fingerprint density at radius 3 is 2.74 bits per heavy atom. The molecular formula is C23H20ClN7O2S. The van der Waals surface area contributed by atoms with Gasteiger partial charge in [0.1, 0.15) is 0 Å². The van der Waals surface area contributed by atoms with Crippen LogP contribution in [0.25, 0.3) is 27.5 Å². The van der Waals surface area contributed by atoms with Gasteiger partial charge in [0, 0.05) is 43.2 Å². The molecule has 5 rings (SSSR count). The Balaban J connectivity index is 1.68. The molecule has 11 heteroatoms. The van der Waals surface area contributed by atoms with Crippen molar-refractivity contribution in [2.75, 3.05) is 17.7 Å². The molecule has 0 atom stereocenters. The third-order valence-corrected chi connectivity index (χ3v) is 6.71. The van der Waals surface area contributed by atoms with Crippen molar-refractivity contribution in [2.45, 2.75) is 19.8 Å². The van der Waals surface area contributed by atoms with Crippen molar-refractivity contribution < 1.29 is 9.59 Å². The number of aryl methyl sites for hydroxylation is 1. The summed E-state index contributed by atoms with van der Waals surface area (Å²) in [5.41, 5.74) is 5.83. The molecule has 0 radical (unpaired) electrons. The van der Waals surface area contributed by atoms with E-state index >= 15 is 0 Å². The summed E-state index contributed by atoms with van der Waals surface area (Å²) in [6, 6.07) is 8.79. The zero-order chi connectivity index (χ0) is 23.8. The molecule has 0 fully saturated rings. The average Bonchev–Trinajstić information content (AvgIpc) is 3.40. The number of anilines is 2. The van der Waals surface area contributed by atoms with Crippen LogP contribution in [0.5, 0.6) is 0 Å². The Kier molecular flexibility index (Phi) is 5.76. The molecule has 4 aromatic rings. The van der Waals surface area contributed by atoms with E-state index in [1.165, 1.54) is 18.3 Å². The van der Waals surface area contributed by atoms with Gasteiger partial charge in [-0.05, 0) is 43.2 Å². The summed E-state index contributed by atoms with van der Waals surface area (Å²) in [7, 11) is 1.54. The number of carbonyl (C=O) groups excluding carboxylic acids is 2. The van der Waals surface area contributed by atoms with Crippen LogP contribution in [0.1, 0.15) is 18.2 Å². The molecule has 34 heavy (non-hydrogen) atoms. The lowest BCUT2D eigenvalue weighted by atomic mass is 9.95. The Morgan fingerprint density at radius 2 is 2.03 bits per heavy atom. The third-order valence-electron chi connectivity index (χ3n) is 5.39. The van der Waals surface area contributed by atoms with Crippen molar-refractivity contribution in [3.05, 3.63) is 59.0 Å². The number of benzene rings is 1. The van der Waals surface area contributed by atoms with Crippen LogP contribution in [0.15, 0.2) is 42.7 Å². The number of carbonyl (C=O) groups is 2. The molecule has 0 spiro atoms. The van der Waals surface area contributed by atoms with Crippen LogP contribution in [0, 0.1) is 0 Å². The number of pyridine rings is 1. The fourth-order valence-electron chi connectivity index (χ4n) is 3.93. The largest absolute Gasteiger partial charge is 0.341 e. The fraction of sp³-hybridized carbons (Fsp3) is 0.174. The van der Waals surface area contributed by atoms with Gasteiger partial charge in [-0.1, -0.05) is 22.9 Å². The van der Waals surface area contributed by atoms with E-state index in [0.29, 0.717) is 21.5 Å². The minimum absolute atomic E-state index is 0.168. The lowest BCUT2D eigenvalue weighted by molar-refractivity contribution is -0.114. The Labute approximate surface area is 204 Å². The number of halogens is 1. The minimum atomic E-state index is -0.334. The van der Waals surface area contributed by atoms with Gasteiger partial charge >= 0.3 is 6.03 Å². The molecule has 0 saturated heterocycles. The van der Waals surface area contributed by atoms with E-state index in [-0.39, 0.29) is 11.9 Å². The maximum absolute atomic E-state index is 11.7. The molecule has 3 N–H and O–H groups in total. The highest BCUT2D eigenvalue weighted by molar-refractivity contribution is 7.19. The van der Waals surface area contributed by atoms with Gasteiger partial charge in [-0.25, -0.2) is 14.5 Å². The van der Waals surface area contributed by atoms with Crippen LogP contribution >= 0.6 is 22.9 Å². The molecule has 0 saturated carbocycles. The highest BCUT2D eigenvalue weighted by Gasteiger charge is 2.30. The van der Waals surface area contributed by atoms with Gasteiger partial charge < -0.3 is 16.0 Å². The first-order valence-corrected chi connectivity index (χ1v) is 11.7. The fourth-order valence-corrected chi connectivity index (χ4v) is 5.31. The zero-order valence-electron chi connectivity index (χ0n) is 18.3. The lowest BCUT2D eigenvalue weighted by Crippen LogP contribution is -2.24. The van der Waals surface area contributed by atoms with Gasteiger partial charge in [0.2, 0.25) is 5.91 Å². The Bertz CT molecular complexity index is 1410. The van der Waals surface area contributed by atoms with Crippen molar-refractivity contribution in [3.8, 4) is 27.5 Å². The van der Waals surface area contributed by atoms with E-state index in [2.05, 4.69) is 25.9 Å². The minimum Gasteiger partial charge on any atom is -0.341 e. The van der Waals surface area contributed by atoms with E-state index in [9.17, 15) is 9.59 Å². The van der Waals surface area contributed by atoms with E-state index in [1.807, 2.05) is 22.9 Å². The summed E-state index contributed by atoms with van der Waals surface area (Å²) in [6.45, 7) is 1.46. The molecule has 0 aliphatic heterocycles. The van der Waals surface area contributed by atoms with E-state index in [4.69, 9.17) is 16.7 Å². The number of fused-ring (bicyclic) bond motifs is 3. The Hall–Kier alpha value is -3.76. The van der Waals surface area contributed by atoms with Crippen molar-refractivity contribution in [1.29, 1.82) is 0 Å². The standard InChI is InChI=1S/C23H20ClN7O2S/c1-12(32)27-23-29-17-7-6-15-19(13-4-3-9-26-11-13)30-31(20(15)21(17)34-23)18-8-5-14(10-16(18)24)28-22(33)25-2/h3-5,8-11H,6-7H2,1-2H3,(H2,25,28,33)(H,27,29,32). The number of urea groups is 1. The van der Waals surface area contributed by atoms with Gasteiger partial charge in [0.25, 0.3) is 0 Å². The maximum atomic E-state index is 11.7. The molecule has 9 nitrogen and oxygen atoms in total. The summed E-state index contributed by atoms with van der Waals surface area (Å²) in [5.74, 6) is -0.168. The van der Waals surface area contributed by atoms with Crippen molar-refractivity contribution >= 4 is 45.7 Å². The number of amides is 3. The van der Waals surface area contributed by atoms with Crippen LogP contribution < -0.4 is 16.0 Å². The number of aromatic nitrogens is 4. The van der Waals surface area contributed by atoms with Gasteiger partial charge in [-0.2, -0.15) is 5.10 Å².